The predicted molar refractivity (Wildman–Crippen MR) is 88.1 cm³/mol. The van der Waals surface area contributed by atoms with Gasteiger partial charge in [0, 0.05) is 12.0 Å². The SMILES string of the molecule is Cc1c(C(C)C)ccc2c1C(=O)CC1C(C)CCCC21C. The third-order valence-corrected chi connectivity index (χ3v) is 6.29. The van der Waals surface area contributed by atoms with Crippen LogP contribution in [0.5, 0.6) is 0 Å². The average Bonchev–Trinajstić information content (AvgIpc) is 2.41. The first-order chi connectivity index (χ1) is 9.86. The molecule has 0 bridgehead atoms. The van der Waals surface area contributed by atoms with E-state index in [0.717, 1.165) is 12.0 Å². The second kappa shape index (κ2) is 4.97. The van der Waals surface area contributed by atoms with Crippen molar-refractivity contribution in [2.75, 3.05) is 0 Å². The number of carbonyl (C=O) groups is 1. The van der Waals surface area contributed by atoms with Crippen LogP contribution in [0.3, 0.4) is 0 Å². The lowest BCUT2D eigenvalue weighted by Crippen LogP contribution is -2.45. The molecule has 1 aromatic carbocycles. The van der Waals surface area contributed by atoms with E-state index in [1.165, 1.54) is 36.0 Å². The molecular formula is C20H28O. The number of ketones is 1. The van der Waals surface area contributed by atoms with Crippen molar-refractivity contribution in [1.29, 1.82) is 0 Å². The second-order valence-electron chi connectivity index (χ2n) is 7.88. The van der Waals surface area contributed by atoms with Gasteiger partial charge in [0.2, 0.25) is 0 Å². The molecule has 0 aromatic heterocycles. The van der Waals surface area contributed by atoms with Crippen LogP contribution in [0, 0.1) is 18.8 Å². The molecule has 0 radical (unpaired) electrons. The van der Waals surface area contributed by atoms with Gasteiger partial charge in [-0.05, 0) is 53.2 Å². The van der Waals surface area contributed by atoms with Crippen LogP contribution in [-0.4, -0.2) is 5.78 Å². The molecule has 1 heteroatoms. The Morgan fingerprint density at radius 1 is 1.29 bits per heavy atom. The maximum absolute atomic E-state index is 12.8. The summed E-state index contributed by atoms with van der Waals surface area (Å²) in [7, 11) is 0. The molecule has 3 unspecified atom stereocenters. The third-order valence-electron chi connectivity index (χ3n) is 6.29. The van der Waals surface area contributed by atoms with Gasteiger partial charge in [0.1, 0.15) is 0 Å². The fourth-order valence-corrected chi connectivity index (χ4v) is 5.06. The van der Waals surface area contributed by atoms with Gasteiger partial charge in [0.15, 0.2) is 5.78 Å². The molecule has 114 valence electrons. The minimum absolute atomic E-state index is 0.210. The molecule has 3 rings (SSSR count). The highest BCUT2D eigenvalue weighted by molar-refractivity contribution is 6.01. The Bertz CT molecular complexity index is 584. The highest BCUT2D eigenvalue weighted by Crippen LogP contribution is 2.52. The molecule has 0 saturated heterocycles. The Hall–Kier alpha value is -1.11. The maximum Gasteiger partial charge on any atom is 0.163 e. The van der Waals surface area contributed by atoms with Crippen molar-refractivity contribution in [3.05, 3.63) is 34.4 Å². The highest BCUT2D eigenvalue weighted by Gasteiger charge is 2.47. The first kappa shape index (κ1) is 14.8. The molecular weight excluding hydrogens is 256 g/mol. The summed E-state index contributed by atoms with van der Waals surface area (Å²) < 4.78 is 0. The van der Waals surface area contributed by atoms with Gasteiger partial charge in [-0.25, -0.2) is 0 Å². The maximum atomic E-state index is 12.8. The fraction of sp³-hybridized carbons (Fsp3) is 0.650. The van der Waals surface area contributed by atoms with Gasteiger partial charge in [0.05, 0.1) is 0 Å². The Labute approximate surface area is 129 Å². The molecule has 3 atom stereocenters. The number of rotatable bonds is 1. The zero-order valence-electron chi connectivity index (χ0n) is 14.1. The summed E-state index contributed by atoms with van der Waals surface area (Å²) in [5.74, 6) is 2.08. The zero-order valence-corrected chi connectivity index (χ0v) is 14.1. The highest BCUT2D eigenvalue weighted by atomic mass is 16.1. The Balaban J connectivity index is 2.20. The summed E-state index contributed by atoms with van der Waals surface area (Å²) in [6.07, 6.45) is 4.58. The van der Waals surface area contributed by atoms with Gasteiger partial charge in [0.25, 0.3) is 0 Å². The summed E-state index contributed by atoms with van der Waals surface area (Å²) in [4.78, 5) is 12.8. The molecule has 1 saturated carbocycles. The van der Waals surface area contributed by atoms with Crippen LogP contribution in [-0.2, 0) is 5.41 Å². The number of hydrogen-bond acceptors (Lipinski definition) is 1. The fourth-order valence-electron chi connectivity index (χ4n) is 5.06. The van der Waals surface area contributed by atoms with E-state index >= 15 is 0 Å². The molecule has 0 N–H and O–H groups in total. The number of Topliss-reactive ketones (excluding diaryl/α,β-unsaturated/α-hetero) is 1. The van der Waals surface area contributed by atoms with Crippen LogP contribution in [0.25, 0.3) is 0 Å². The summed E-state index contributed by atoms with van der Waals surface area (Å²) >= 11 is 0. The lowest BCUT2D eigenvalue weighted by Gasteiger charge is -2.49. The van der Waals surface area contributed by atoms with E-state index in [2.05, 4.69) is 46.8 Å². The van der Waals surface area contributed by atoms with Gasteiger partial charge >= 0.3 is 0 Å². The van der Waals surface area contributed by atoms with E-state index in [1.807, 2.05) is 0 Å². The minimum Gasteiger partial charge on any atom is -0.294 e. The minimum atomic E-state index is 0.210. The molecule has 0 heterocycles. The number of carbonyl (C=O) groups excluding carboxylic acids is 1. The van der Waals surface area contributed by atoms with Gasteiger partial charge in [-0.15, -0.1) is 0 Å². The topological polar surface area (TPSA) is 17.1 Å². The Kier molecular flexibility index (Phi) is 3.50. The molecule has 2 aliphatic rings. The summed E-state index contributed by atoms with van der Waals surface area (Å²) in [5.41, 5.74) is 5.20. The van der Waals surface area contributed by atoms with Crippen LogP contribution in [0.4, 0.5) is 0 Å². The van der Waals surface area contributed by atoms with Crippen molar-refractivity contribution in [3.63, 3.8) is 0 Å². The molecule has 1 fully saturated rings. The third kappa shape index (κ3) is 2.08. The van der Waals surface area contributed by atoms with Crippen LogP contribution in [0.2, 0.25) is 0 Å². The largest absolute Gasteiger partial charge is 0.294 e. The predicted octanol–water partition coefficient (Wildman–Crippen LogP) is 5.40. The second-order valence-corrected chi connectivity index (χ2v) is 7.88. The smallest absolute Gasteiger partial charge is 0.163 e. The quantitative estimate of drug-likeness (QED) is 0.675. The molecule has 1 aromatic rings. The number of hydrogen-bond donors (Lipinski definition) is 0. The average molecular weight is 284 g/mol. The van der Waals surface area contributed by atoms with Crippen molar-refractivity contribution in [3.8, 4) is 0 Å². The Morgan fingerprint density at radius 2 is 2.00 bits per heavy atom. The summed E-state index contributed by atoms with van der Waals surface area (Å²) in [6, 6.07) is 4.55. The zero-order chi connectivity index (χ0) is 15.4. The molecule has 1 nitrogen and oxygen atoms in total. The lowest BCUT2D eigenvalue weighted by molar-refractivity contribution is 0.0755. The first-order valence-corrected chi connectivity index (χ1v) is 8.53. The van der Waals surface area contributed by atoms with Crippen molar-refractivity contribution < 1.29 is 4.79 Å². The molecule has 0 amide bonds. The van der Waals surface area contributed by atoms with Crippen LogP contribution in [0.15, 0.2) is 12.1 Å². The number of benzene rings is 1. The first-order valence-electron chi connectivity index (χ1n) is 8.53. The van der Waals surface area contributed by atoms with Crippen molar-refractivity contribution in [2.45, 2.75) is 71.6 Å². The lowest BCUT2D eigenvalue weighted by atomic mass is 9.54. The van der Waals surface area contributed by atoms with Gasteiger partial charge < -0.3 is 0 Å². The van der Waals surface area contributed by atoms with Gasteiger partial charge in [-0.1, -0.05) is 52.7 Å². The van der Waals surface area contributed by atoms with Crippen molar-refractivity contribution in [1.82, 2.24) is 0 Å². The van der Waals surface area contributed by atoms with E-state index in [-0.39, 0.29) is 5.41 Å². The van der Waals surface area contributed by atoms with E-state index < -0.39 is 0 Å². The summed E-state index contributed by atoms with van der Waals surface area (Å²) in [5, 5.41) is 0. The van der Waals surface area contributed by atoms with Crippen LogP contribution in [0.1, 0.15) is 86.3 Å². The van der Waals surface area contributed by atoms with Crippen LogP contribution < -0.4 is 0 Å². The van der Waals surface area contributed by atoms with E-state index in [1.54, 1.807) is 0 Å². The standard InChI is InChI=1S/C20H28O/c1-12(2)15-8-9-16-19(14(15)4)18(21)11-17-13(3)7-6-10-20(16,17)5/h8-9,12-13,17H,6-7,10-11H2,1-5H3. The van der Waals surface area contributed by atoms with Crippen LogP contribution >= 0.6 is 0 Å². The molecule has 0 spiro atoms. The van der Waals surface area contributed by atoms with Gasteiger partial charge in [-0.2, -0.15) is 0 Å². The van der Waals surface area contributed by atoms with E-state index in [0.29, 0.717) is 23.5 Å². The Morgan fingerprint density at radius 3 is 2.67 bits per heavy atom. The normalized spacial score (nSPS) is 32.0. The van der Waals surface area contributed by atoms with E-state index in [9.17, 15) is 4.79 Å². The molecule has 0 aliphatic heterocycles. The van der Waals surface area contributed by atoms with Crippen molar-refractivity contribution in [2.24, 2.45) is 11.8 Å². The number of fused-ring (bicyclic) bond motifs is 3. The monoisotopic (exact) mass is 284 g/mol. The molecule has 21 heavy (non-hydrogen) atoms. The molecule has 2 aliphatic carbocycles. The van der Waals surface area contributed by atoms with Crippen molar-refractivity contribution >= 4 is 5.78 Å². The van der Waals surface area contributed by atoms with E-state index in [4.69, 9.17) is 0 Å². The van der Waals surface area contributed by atoms with Gasteiger partial charge in [-0.3, -0.25) is 4.79 Å². The summed E-state index contributed by atoms with van der Waals surface area (Å²) in [6.45, 7) is 11.3.